The Balaban J connectivity index is 1.46. The molecule has 0 saturated heterocycles. The molecule has 2 heterocycles. The molecule has 0 saturated carbocycles. The number of benzene rings is 2. The van der Waals surface area contributed by atoms with Crippen molar-refractivity contribution in [2.24, 2.45) is 0 Å². The number of nitrogens with one attached hydrogen (secondary N) is 1. The molecule has 0 spiro atoms. The highest BCUT2D eigenvalue weighted by atomic mass is 35.5. The molecule has 0 aliphatic rings. The standard InChI is InChI=1S/C24H22ClN5OS/c1-17-5-2-3-7-21(17)30-23(19-6-4-13-26-15-19)28-29-24(30)32-16-22(31)27-14-12-18-8-10-20(25)11-9-18/h2-11,13,15H,12,14,16H2,1H3,(H,27,31). The third-order valence-corrected chi connectivity index (χ3v) is 6.07. The third kappa shape index (κ3) is 5.36. The zero-order chi connectivity index (χ0) is 22.3. The molecule has 1 amide bonds. The fourth-order valence-electron chi connectivity index (χ4n) is 3.26. The summed E-state index contributed by atoms with van der Waals surface area (Å²) in [6.45, 7) is 2.60. The quantitative estimate of drug-likeness (QED) is 0.382. The number of hydrogen-bond donors (Lipinski definition) is 1. The first kappa shape index (κ1) is 22.0. The van der Waals surface area contributed by atoms with Crippen molar-refractivity contribution in [3.63, 3.8) is 0 Å². The molecule has 32 heavy (non-hydrogen) atoms. The van der Waals surface area contributed by atoms with E-state index >= 15 is 0 Å². The van der Waals surface area contributed by atoms with Crippen molar-refractivity contribution in [2.75, 3.05) is 12.3 Å². The molecule has 0 aliphatic carbocycles. The van der Waals surface area contributed by atoms with Gasteiger partial charge in [0.05, 0.1) is 11.4 Å². The molecule has 2 aromatic heterocycles. The average molecular weight is 464 g/mol. The van der Waals surface area contributed by atoms with E-state index in [9.17, 15) is 4.79 Å². The third-order valence-electron chi connectivity index (χ3n) is 4.89. The number of thioether (sulfide) groups is 1. The minimum Gasteiger partial charge on any atom is -0.355 e. The number of carbonyl (C=O) groups excluding carboxylic acids is 1. The molecular formula is C24H22ClN5OS. The van der Waals surface area contributed by atoms with Crippen molar-refractivity contribution < 1.29 is 4.79 Å². The van der Waals surface area contributed by atoms with Crippen molar-refractivity contribution in [3.05, 3.63) is 89.2 Å². The van der Waals surface area contributed by atoms with Crippen LogP contribution in [0.1, 0.15) is 11.1 Å². The Morgan fingerprint density at radius 2 is 1.88 bits per heavy atom. The van der Waals surface area contributed by atoms with E-state index in [1.807, 2.05) is 72.2 Å². The number of pyridine rings is 1. The molecule has 6 nitrogen and oxygen atoms in total. The lowest BCUT2D eigenvalue weighted by molar-refractivity contribution is -0.118. The monoisotopic (exact) mass is 463 g/mol. The number of hydrogen-bond acceptors (Lipinski definition) is 5. The molecule has 0 radical (unpaired) electrons. The van der Waals surface area contributed by atoms with E-state index in [0.29, 0.717) is 22.5 Å². The smallest absolute Gasteiger partial charge is 0.230 e. The first-order valence-electron chi connectivity index (χ1n) is 10.2. The molecule has 0 atom stereocenters. The fourth-order valence-corrected chi connectivity index (χ4v) is 4.16. The predicted molar refractivity (Wildman–Crippen MR) is 128 cm³/mol. The summed E-state index contributed by atoms with van der Waals surface area (Å²) in [5.41, 5.74) is 4.05. The van der Waals surface area contributed by atoms with Crippen LogP contribution < -0.4 is 5.32 Å². The number of carbonyl (C=O) groups is 1. The molecular weight excluding hydrogens is 442 g/mol. The van der Waals surface area contributed by atoms with E-state index in [-0.39, 0.29) is 11.7 Å². The number of para-hydroxylation sites is 1. The predicted octanol–water partition coefficient (Wildman–Crippen LogP) is 4.74. The molecule has 0 bridgehead atoms. The molecule has 0 unspecified atom stereocenters. The van der Waals surface area contributed by atoms with E-state index in [2.05, 4.69) is 20.5 Å². The lowest BCUT2D eigenvalue weighted by atomic mass is 10.1. The van der Waals surface area contributed by atoms with Gasteiger partial charge in [0.1, 0.15) is 0 Å². The highest BCUT2D eigenvalue weighted by molar-refractivity contribution is 7.99. The van der Waals surface area contributed by atoms with E-state index < -0.39 is 0 Å². The topological polar surface area (TPSA) is 72.7 Å². The summed E-state index contributed by atoms with van der Waals surface area (Å²) >= 11 is 7.28. The van der Waals surface area contributed by atoms with E-state index in [4.69, 9.17) is 11.6 Å². The molecule has 2 aromatic carbocycles. The van der Waals surface area contributed by atoms with Crippen LogP contribution in [0.4, 0.5) is 0 Å². The second-order valence-corrected chi connectivity index (χ2v) is 8.56. The zero-order valence-corrected chi connectivity index (χ0v) is 19.1. The van der Waals surface area contributed by atoms with Crippen LogP contribution in [0.5, 0.6) is 0 Å². The van der Waals surface area contributed by atoms with Gasteiger partial charge in [-0.1, -0.05) is 53.7 Å². The summed E-state index contributed by atoms with van der Waals surface area (Å²) in [5, 5.41) is 13.1. The Morgan fingerprint density at radius 3 is 2.62 bits per heavy atom. The second kappa shape index (κ2) is 10.4. The summed E-state index contributed by atoms with van der Waals surface area (Å²) in [4.78, 5) is 16.6. The van der Waals surface area contributed by atoms with Crippen molar-refractivity contribution in [3.8, 4) is 17.1 Å². The molecule has 4 aromatic rings. The molecule has 8 heteroatoms. The maximum absolute atomic E-state index is 12.4. The summed E-state index contributed by atoms with van der Waals surface area (Å²) in [5.74, 6) is 0.891. The van der Waals surface area contributed by atoms with Crippen LogP contribution in [-0.2, 0) is 11.2 Å². The van der Waals surface area contributed by atoms with Crippen molar-refractivity contribution in [1.82, 2.24) is 25.1 Å². The van der Waals surface area contributed by atoms with Crippen LogP contribution in [0.3, 0.4) is 0 Å². The number of amides is 1. The number of aromatic nitrogens is 4. The van der Waals surface area contributed by atoms with E-state index in [1.54, 1.807) is 12.4 Å². The Hall–Kier alpha value is -3.16. The molecule has 0 fully saturated rings. The molecule has 4 rings (SSSR count). The molecule has 0 aliphatic heterocycles. The number of halogens is 1. The van der Waals surface area contributed by atoms with Gasteiger partial charge in [-0.3, -0.25) is 14.3 Å². The van der Waals surface area contributed by atoms with Crippen LogP contribution in [0.2, 0.25) is 5.02 Å². The minimum absolute atomic E-state index is 0.0498. The Morgan fingerprint density at radius 1 is 1.06 bits per heavy atom. The number of nitrogens with zero attached hydrogens (tertiary/aromatic N) is 4. The highest BCUT2D eigenvalue weighted by Crippen LogP contribution is 2.29. The van der Waals surface area contributed by atoms with Crippen molar-refractivity contribution >= 4 is 29.3 Å². The van der Waals surface area contributed by atoms with Gasteiger partial charge in [-0.2, -0.15) is 0 Å². The SMILES string of the molecule is Cc1ccccc1-n1c(SCC(=O)NCCc2ccc(Cl)cc2)nnc1-c1cccnc1. The van der Waals surface area contributed by atoms with Crippen molar-refractivity contribution in [1.29, 1.82) is 0 Å². The minimum atomic E-state index is -0.0498. The maximum atomic E-state index is 12.4. The van der Waals surface area contributed by atoms with Gasteiger partial charge < -0.3 is 5.32 Å². The van der Waals surface area contributed by atoms with Crippen LogP contribution >= 0.6 is 23.4 Å². The zero-order valence-electron chi connectivity index (χ0n) is 17.5. The van der Waals surface area contributed by atoms with Crippen LogP contribution in [0, 0.1) is 6.92 Å². The van der Waals surface area contributed by atoms with Gasteiger partial charge >= 0.3 is 0 Å². The van der Waals surface area contributed by atoms with Gasteiger partial charge in [0, 0.05) is 29.5 Å². The van der Waals surface area contributed by atoms with Crippen molar-refractivity contribution in [2.45, 2.75) is 18.5 Å². The summed E-state index contributed by atoms with van der Waals surface area (Å²) in [6.07, 6.45) is 4.23. The Kier molecular flexibility index (Phi) is 7.19. The largest absolute Gasteiger partial charge is 0.355 e. The average Bonchev–Trinajstić information content (AvgIpc) is 3.23. The highest BCUT2D eigenvalue weighted by Gasteiger charge is 2.18. The first-order chi connectivity index (χ1) is 15.6. The van der Waals surface area contributed by atoms with Gasteiger partial charge in [0.15, 0.2) is 11.0 Å². The van der Waals surface area contributed by atoms with Crippen LogP contribution in [-0.4, -0.2) is 38.0 Å². The first-order valence-corrected chi connectivity index (χ1v) is 11.5. The normalized spacial score (nSPS) is 10.8. The lowest BCUT2D eigenvalue weighted by Gasteiger charge is -2.12. The molecule has 1 N–H and O–H groups in total. The van der Waals surface area contributed by atoms with Gasteiger partial charge in [0.2, 0.25) is 5.91 Å². The lowest BCUT2D eigenvalue weighted by Crippen LogP contribution is -2.27. The summed E-state index contributed by atoms with van der Waals surface area (Å²) in [7, 11) is 0. The van der Waals surface area contributed by atoms with Gasteiger partial charge in [-0.15, -0.1) is 10.2 Å². The fraction of sp³-hybridized carbons (Fsp3) is 0.167. The van der Waals surface area contributed by atoms with Gasteiger partial charge in [0.25, 0.3) is 0 Å². The number of aryl methyl sites for hydroxylation is 1. The Labute approximate surface area is 196 Å². The van der Waals surface area contributed by atoms with E-state index in [0.717, 1.165) is 28.8 Å². The summed E-state index contributed by atoms with van der Waals surface area (Å²) < 4.78 is 1.98. The van der Waals surface area contributed by atoms with E-state index in [1.165, 1.54) is 11.8 Å². The van der Waals surface area contributed by atoms with Crippen LogP contribution in [0.15, 0.2) is 78.2 Å². The maximum Gasteiger partial charge on any atom is 0.230 e. The van der Waals surface area contributed by atoms with Gasteiger partial charge in [-0.05, 0) is 54.8 Å². The van der Waals surface area contributed by atoms with Gasteiger partial charge in [-0.25, -0.2) is 0 Å². The second-order valence-electron chi connectivity index (χ2n) is 7.18. The number of rotatable bonds is 8. The Bertz CT molecular complexity index is 1190. The summed E-state index contributed by atoms with van der Waals surface area (Å²) in [6, 6.07) is 19.5. The van der Waals surface area contributed by atoms with Crippen LogP contribution in [0.25, 0.3) is 17.1 Å². The molecule has 162 valence electrons.